The van der Waals surface area contributed by atoms with Crippen LogP contribution in [0.25, 0.3) is 10.9 Å². The molecule has 2 heterocycles. The van der Waals surface area contributed by atoms with Crippen molar-refractivity contribution in [2.45, 2.75) is 25.7 Å². The molecule has 3 aromatic rings. The van der Waals surface area contributed by atoms with Crippen LogP contribution in [0.3, 0.4) is 0 Å². The first-order valence-electron chi connectivity index (χ1n) is 12.8. The molecule has 0 bridgehead atoms. The summed E-state index contributed by atoms with van der Waals surface area (Å²) in [5.41, 5.74) is 8.37. The highest BCUT2D eigenvalue weighted by Crippen LogP contribution is 2.29. The van der Waals surface area contributed by atoms with E-state index in [0.29, 0.717) is 41.0 Å². The number of unbranched alkanes of at least 4 members (excludes halogenated alkanes) is 2. The van der Waals surface area contributed by atoms with E-state index in [9.17, 15) is 9.59 Å². The molecule has 1 atom stereocenters. The molecule has 198 valence electrons. The van der Waals surface area contributed by atoms with Gasteiger partial charge in [0.05, 0.1) is 28.9 Å². The summed E-state index contributed by atoms with van der Waals surface area (Å²) in [4.78, 5) is 27.8. The van der Waals surface area contributed by atoms with Gasteiger partial charge in [-0.2, -0.15) is 0 Å². The maximum absolute atomic E-state index is 12.7. The second-order valence-corrected chi connectivity index (χ2v) is 10.1. The van der Waals surface area contributed by atoms with Crippen molar-refractivity contribution in [3.63, 3.8) is 0 Å². The van der Waals surface area contributed by atoms with E-state index in [1.54, 1.807) is 12.1 Å². The number of anilines is 1. The summed E-state index contributed by atoms with van der Waals surface area (Å²) in [5.74, 6) is 0.614. The van der Waals surface area contributed by atoms with E-state index in [4.69, 9.17) is 22.1 Å². The minimum atomic E-state index is -0.206. The molecule has 0 saturated carbocycles. The number of aryl methyl sites for hydroxylation is 1. The quantitative estimate of drug-likeness (QED) is 0.259. The van der Waals surface area contributed by atoms with Gasteiger partial charge >= 0.3 is 0 Å². The number of para-hydroxylation sites is 1. The molecule has 4 N–H and O–H groups in total. The zero-order valence-corrected chi connectivity index (χ0v) is 22.3. The highest BCUT2D eigenvalue weighted by Gasteiger charge is 2.23. The van der Waals surface area contributed by atoms with Crippen LogP contribution in [0.4, 0.5) is 5.69 Å². The molecule has 1 fully saturated rings. The first-order chi connectivity index (χ1) is 17.9. The molecule has 0 unspecified atom stereocenters. The fraction of sp³-hybridized carbons (Fsp3) is 0.429. The standard InChI is InChI=1S/C28H36ClN5O3/c1-33-18-22(20-8-4-5-9-25(20)33)28(36)31-11-6-3-7-12-34-13-10-19(17-34)16-32-27(35)21-14-23(29)24(30)15-26(21)37-2/h4-5,8-9,14-15,18-19H,3,6-7,10-13,16-17,30H2,1-2H3,(H,31,36)(H,32,35)/t19-/m1/s1. The van der Waals surface area contributed by atoms with Crippen molar-refractivity contribution in [2.24, 2.45) is 13.0 Å². The van der Waals surface area contributed by atoms with Gasteiger partial charge in [-0.15, -0.1) is 0 Å². The van der Waals surface area contributed by atoms with E-state index < -0.39 is 0 Å². The molecule has 2 aromatic carbocycles. The van der Waals surface area contributed by atoms with Crippen molar-refractivity contribution in [2.75, 3.05) is 45.6 Å². The molecule has 1 aromatic heterocycles. The molecule has 2 amide bonds. The number of likely N-dealkylation sites (tertiary alicyclic amines) is 1. The van der Waals surface area contributed by atoms with Crippen LogP contribution in [-0.2, 0) is 7.05 Å². The second-order valence-electron chi connectivity index (χ2n) is 9.73. The molecule has 1 aliphatic rings. The molecule has 4 rings (SSSR count). The van der Waals surface area contributed by atoms with E-state index in [1.807, 2.05) is 42.1 Å². The fourth-order valence-electron chi connectivity index (χ4n) is 4.99. The van der Waals surface area contributed by atoms with E-state index >= 15 is 0 Å². The van der Waals surface area contributed by atoms with Gasteiger partial charge in [-0.05, 0) is 50.4 Å². The number of ether oxygens (including phenoxy) is 1. The monoisotopic (exact) mass is 525 g/mol. The van der Waals surface area contributed by atoms with Crippen LogP contribution >= 0.6 is 11.6 Å². The van der Waals surface area contributed by atoms with Crippen LogP contribution in [0, 0.1) is 5.92 Å². The Hall–Kier alpha value is -3.23. The minimum Gasteiger partial charge on any atom is -0.496 e. The van der Waals surface area contributed by atoms with Gasteiger partial charge in [0.2, 0.25) is 0 Å². The predicted molar refractivity (Wildman–Crippen MR) is 148 cm³/mol. The number of nitrogens with zero attached hydrogens (tertiary/aromatic N) is 2. The minimum absolute atomic E-state index is 0.0138. The van der Waals surface area contributed by atoms with Crippen molar-refractivity contribution in [3.05, 3.63) is 58.7 Å². The maximum atomic E-state index is 12.7. The summed E-state index contributed by atoms with van der Waals surface area (Å²) in [6.07, 6.45) is 6.06. The Morgan fingerprint density at radius 1 is 1.11 bits per heavy atom. The summed E-state index contributed by atoms with van der Waals surface area (Å²) >= 11 is 6.09. The fourth-order valence-corrected chi connectivity index (χ4v) is 5.15. The Morgan fingerprint density at radius 2 is 1.89 bits per heavy atom. The summed E-state index contributed by atoms with van der Waals surface area (Å²) in [6.45, 7) is 4.33. The van der Waals surface area contributed by atoms with Crippen molar-refractivity contribution in [3.8, 4) is 5.75 Å². The van der Waals surface area contributed by atoms with Crippen molar-refractivity contribution in [1.82, 2.24) is 20.1 Å². The number of amides is 2. The highest BCUT2D eigenvalue weighted by molar-refractivity contribution is 6.33. The Bertz CT molecular complexity index is 1260. The molecular weight excluding hydrogens is 490 g/mol. The third-order valence-corrected chi connectivity index (χ3v) is 7.39. The van der Waals surface area contributed by atoms with Gasteiger partial charge in [0.15, 0.2) is 0 Å². The molecule has 0 aliphatic carbocycles. The third kappa shape index (κ3) is 6.56. The number of benzene rings is 2. The van der Waals surface area contributed by atoms with Crippen LogP contribution in [-0.4, -0.2) is 61.1 Å². The highest BCUT2D eigenvalue weighted by atomic mass is 35.5. The summed E-state index contributed by atoms with van der Waals surface area (Å²) in [6, 6.07) is 11.1. The second kappa shape index (κ2) is 12.3. The summed E-state index contributed by atoms with van der Waals surface area (Å²) < 4.78 is 7.27. The summed E-state index contributed by atoms with van der Waals surface area (Å²) in [7, 11) is 3.47. The topological polar surface area (TPSA) is 102 Å². The van der Waals surface area contributed by atoms with Gasteiger partial charge < -0.3 is 30.6 Å². The number of rotatable bonds is 11. The zero-order valence-electron chi connectivity index (χ0n) is 21.6. The van der Waals surface area contributed by atoms with E-state index in [1.165, 1.54) is 7.11 Å². The van der Waals surface area contributed by atoms with Gasteiger partial charge in [-0.25, -0.2) is 0 Å². The molecule has 8 nitrogen and oxygen atoms in total. The number of fused-ring (bicyclic) bond motifs is 1. The number of nitrogens with two attached hydrogens (primary N) is 1. The number of nitrogen functional groups attached to an aromatic ring is 1. The lowest BCUT2D eigenvalue weighted by atomic mass is 10.1. The number of aromatic nitrogens is 1. The smallest absolute Gasteiger partial charge is 0.255 e. The van der Waals surface area contributed by atoms with Gasteiger partial charge in [-0.3, -0.25) is 9.59 Å². The number of carbonyl (C=O) groups is 2. The Kier molecular flexibility index (Phi) is 8.95. The number of hydrogen-bond donors (Lipinski definition) is 3. The Labute approximate surface area is 223 Å². The third-order valence-electron chi connectivity index (χ3n) is 7.06. The van der Waals surface area contributed by atoms with Gasteiger partial charge in [0.25, 0.3) is 11.8 Å². The van der Waals surface area contributed by atoms with Gasteiger partial charge in [-0.1, -0.05) is 36.2 Å². The number of hydrogen-bond acceptors (Lipinski definition) is 5. The van der Waals surface area contributed by atoms with Gasteiger partial charge in [0.1, 0.15) is 5.75 Å². The van der Waals surface area contributed by atoms with Crippen LogP contribution in [0.1, 0.15) is 46.4 Å². The predicted octanol–water partition coefficient (Wildman–Crippen LogP) is 4.07. The summed E-state index contributed by atoms with van der Waals surface area (Å²) in [5, 5.41) is 7.41. The van der Waals surface area contributed by atoms with Crippen LogP contribution in [0.2, 0.25) is 5.02 Å². The molecular formula is C28H36ClN5O3. The van der Waals surface area contributed by atoms with Gasteiger partial charge in [0, 0.05) is 49.8 Å². The van der Waals surface area contributed by atoms with Crippen LogP contribution in [0.5, 0.6) is 5.75 Å². The number of halogens is 1. The molecule has 1 aliphatic heterocycles. The van der Waals surface area contributed by atoms with Crippen molar-refractivity contribution in [1.29, 1.82) is 0 Å². The molecule has 37 heavy (non-hydrogen) atoms. The van der Waals surface area contributed by atoms with Crippen molar-refractivity contribution < 1.29 is 14.3 Å². The zero-order chi connectivity index (χ0) is 26.4. The average molecular weight is 526 g/mol. The number of nitrogens with one attached hydrogen (secondary N) is 2. The van der Waals surface area contributed by atoms with Crippen LogP contribution < -0.4 is 21.1 Å². The molecule has 1 saturated heterocycles. The first kappa shape index (κ1) is 26.8. The van der Waals surface area contributed by atoms with Crippen LogP contribution in [0.15, 0.2) is 42.6 Å². The SMILES string of the molecule is COc1cc(N)c(Cl)cc1C(=O)NC[C@H]1CCN(CCCCCNC(=O)c2cn(C)c3ccccc23)C1. The largest absolute Gasteiger partial charge is 0.496 e. The average Bonchev–Trinajstić information content (AvgIpc) is 3.50. The first-order valence-corrected chi connectivity index (χ1v) is 13.2. The molecule has 0 spiro atoms. The molecule has 9 heteroatoms. The normalized spacial score (nSPS) is 15.7. The number of carbonyl (C=O) groups excluding carboxylic acids is 2. The lowest BCUT2D eigenvalue weighted by Gasteiger charge is -2.17. The Morgan fingerprint density at radius 3 is 2.70 bits per heavy atom. The van der Waals surface area contributed by atoms with E-state index in [0.717, 1.165) is 61.8 Å². The van der Waals surface area contributed by atoms with Crippen molar-refractivity contribution >= 4 is 40.0 Å². The lowest BCUT2D eigenvalue weighted by Crippen LogP contribution is -2.31. The number of methoxy groups -OCH3 is 1. The maximum Gasteiger partial charge on any atom is 0.255 e. The van der Waals surface area contributed by atoms with E-state index in [-0.39, 0.29) is 11.8 Å². The molecule has 0 radical (unpaired) electrons. The van der Waals surface area contributed by atoms with E-state index in [2.05, 4.69) is 15.5 Å². The Balaban J connectivity index is 1.12. The lowest BCUT2D eigenvalue weighted by molar-refractivity contribution is 0.0940.